The van der Waals surface area contributed by atoms with E-state index in [0.717, 1.165) is 36.3 Å². The third-order valence-electron chi connectivity index (χ3n) is 5.10. The number of ether oxygens (including phenoxy) is 3. The Morgan fingerprint density at radius 3 is 2.37 bits per heavy atom. The summed E-state index contributed by atoms with van der Waals surface area (Å²) in [6, 6.07) is 11.0. The van der Waals surface area contributed by atoms with Crippen molar-refractivity contribution < 1.29 is 27.4 Å². The molecule has 1 saturated heterocycles. The molecule has 144 valence electrons. The fourth-order valence-corrected chi connectivity index (χ4v) is 3.56. The van der Waals surface area contributed by atoms with Crippen molar-refractivity contribution in [2.75, 3.05) is 19.9 Å². The second kappa shape index (κ2) is 7.05. The number of rotatable bonds is 4. The first-order chi connectivity index (χ1) is 13.0. The van der Waals surface area contributed by atoms with Gasteiger partial charge in [0.1, 0.15) is 0 Å². The number of piperidine rings is 1. The molecule has 0 saturated carbocycles. The maximum atomic E-state index is 12.9. The van der Waals surface area contributed by atoms with Crippen LogP contribution in [0.1, 0.15) is 29.5 Å². The van der Waals surface area contributed by atoms with Crippen LogP contribution >= 0.6 is 0 Å². The zero-order chi connectivity index (χ0) is 18.9. The van der Waals surface area contributed by atoms with Gasteiger partial charge in [-0.25, -0.2) is 0 Å². The minimum atomic E-state index is -4.34. The van der Waals surface area contributed by atoms with Crippen molar-refractivity contribution in [2.45, 2.75) is 31.2 Å². The summed E-state index contributed by atoms with van der Waals surface area (Å²) >= 11 is 0. The van der Waals surface area contributed by atoms with Crippen molar-refractivity contribution in [2.24, 2.45) is 0 Å². The van der Waals surface area contributed by atoms with E-state index in [1.165, 1.54) is 12.1 Å². The fraction of sp³-hybridized carbons (Fsp3) is 0.400. The monoisotopic (exact) mass is 379 g/mol. The van der Waals surface area contributed by atoms with E-state index in [0.29, 0.717) is 30.9 Å². The second-order valence-electron chi connectivity index (χ2n) is 6.80. The highest BCUT2D eigenvalue weighted by molar-refractivity contribution is 5.44. The van der Waals surface area contributed by atoms with Crippen molar-refractivity contribution in [3.05, 3.63) is 59.2 Å². The highest BCUT2D eigenvalue weighted by Gasteiger charge is 2.36. The number of alkyl halides is 3. The standard InChI is InChI=1S/C20H20F3NO3/c21-20(22,23)16-4-2-15(3-5-16)19(7-9-24-10-8-19)27-12-14-1-6-17-18(11-14)26-13-25-17/h1-6,11,24H,7-10,12-13H2. The first kappa shape index (κ1) is 18.1. The summed E-state index contributed by atoms with van der Waals surface area (Å²) < 4.78 is 55.6. The van der Waals surface area contributed by atoms with Gasteiger partial charge in [-0.1, -0.05) is 18.2 Å². The Labute approximate surface area is 155 Å². The van der Waals surface area contributed by atoms with Gasteiger partial charge >= 0.3 is 6.18 Å². The number of fused-ring (bicyclic) bond motifs is 1. The summed E-state index contributed by atoms with van der Waals surface area (Å²) in [4.78, 5) is 0. The van der Waals surface area contributed by atoms with Crippen LogP contribution in [0.5, 0.6) is 11.5 Å². The summed E-state index contributed by atoms with van der Waals surface area (Å²) in [5, 5.41) is 3.28. The SMILES string of the molecule is FC(F)(F)c1ccc(C2(OCc3ccc4c(c3)OCO4)CCNCC2)cc1. The van der Waals surface area contributed by atoms with Gasteiger partial charge in [-0.3, -0.25) is 0 Å². The lowest BCUT2D eigenvalue weighted by molar-refractivity contribution is -0.137. The zero-order valence-electron chi connectivity index (χ0n) is 14.6. The summed E-state index contributed by atoms with van der Waals surface area (Å²) in [5.41, 5.74) is 0.457. The van der Waals surface area contributed by atoms with Crippen LogP contribution < -0.4 is 14.8 Å². The molecule has 2 aromatic carbocycles. The lowest BCUT2D eigenvalue weighted by Crippen LogP contribution is -2.41. The molecular weight excluding hydrogens is 359 g/mol. The molecule has 1 N–H and O–H groups in total. The summed E-state index contributed by atoms with van der Waals surface area (Å²) in [5.74, 6) is 1.39. The number of nitrogens with one attached hydrogen (secondary N) is 1. The molecule has 2 aliphatic heterocycles. The average molecular weight is 379 g/mol. The topological polar surface area (TPSA) is 39.7 Å². The van der Waals surface area contributed by atoms with Gasteiger partial charge in [-0.2, -0.15) is 13.2 Å². The van der Waals surface area contributed by atoms with Gasteiger partial charge in [0, 0.05) is 0 Å². The van der Waals surface area contributed by atoms with Gasteiger partial charge in [0.25, 0.3) is 0 Å². The highest BCUT2D eigenvalue weighted by Crippen LogP contribution is 2.39. The highest BCUT2D eigenvalue weighted by atomic mass is 19.4. The van der Waals surface area contributed by atoms with Crippen LogP contribution in [0, 0.1) is 0 Å². The Bertz CT molecular complexity index is 799. The van der Waals surface area contributed by atoms with Gasteiger partial charge in [-0.05, 0) is 61.3 Å². The van der Waals surface area contributed by atoms with Crippen LogP contribution in [-0.2, 0) is 23.1 Å². The molecule has 2 aliphatic rings. The minimum Gasteiger partial charge on any atom is -0.454 e. The minimum absolute atomic E-state index is 0.209. The lowest BCUT2D eigenvalue weighted by Gasteiger charge is -2.38. The predicted octanol–water partition coefficient (Wildman–Crippen LogP) is 4.23. The molecule has 1 fully saturated rings. The Morgan fingerprint density at radius 2 is 1.67 bits per heavy atom. The molecule has 0 aliphatic carbocycles. The van der Waals surface area contributed by atoms with E-state index in [2.05, 4.69) is 5.32 Å². The van der Waals surface area contributed by atoms with E-state index in [4.69, 9.17) is 14.2 Å². The van der Waals surface area contributed by atoms with Crippen LogP contribution in [0.2, 0.25) is 0 Å². The number of hydrogen-bond acceptors (Lipinski definition) is 4. The normalized spacial score (nSPS) is 18.5. The van der Waals surface area contributed by atoms with Crippen molar-refractivity contribution in [1.82, 2.24) is 5.32 Å². The van der Waals surface area contributed by atoms with Crippen LogP contribution in [0.15, 0.2) is 42.5 Å². The Hall–Kier alpha value is -2.25. The Balaban J connectivity index is 1.55. The molecule has 2 heterocycles. The Kier molecular flexibility index (Phi) is 4.74. The smallest absolute Gasteiger partial charge is 0.416 e. The second-order valence-corrected chi connectivity index (χ2v) is 6.80. The molecule has 0 spiro atoms. The molecule has 0 atom stereocenters. The quantitative estimate of drug-likeness (QED) is 0.863. The maximum absolute atomic E-state index is 12.9. The first-order valence-electron chi connectivity index (χ1n) is 8.87. The van der Waals surface area contributed by atoms with Gasteiger partial charge in [0.05, 0.1) is 17.8 Å². The van der Waals surface area contributed by atoms with E-state index in [1.807, 2.05) is 18.2 Å². The molecular formula is C20H20F3NO3. The van der Waals surface area contributed by atoms with Crippen molar-refractivity contribution in [3.8, 4) is 11.5 Å². The molecule has 4 rings (SSSR count). The summed E-state index contributed by atoms with van der Waals surface area (Å²) in [7, 11) is 0. The van der Waals surface area contributed by atoms with E-state index >= 15 is 0 Å². The maximum Gasteiger partial charge on any atom is 0.416 e. The third-order valence-corrected chi connectivity index (χ3v) is 5.10. The fourth-order valence-electron chi connectivity index (χ4n) is 3.56. The van der Waals surface area contributed by atoms with Crippen molar-refractivity contribution in [1.29, 1.82) is 0 Å². The number of benzene rings is 2. The predicted molar refractivity (Wildman–Crippen MR) is 92.6 cm³/mol. The van der Waals surface area contributed by atoms with E-state index in [1.54, 1.807) is 0 Å². The van der Waals surface area contributed by atoms with Crippen molar-refractivity contribution >= 4 is 0 Å². The summed E-state index contributed by atoms with van der Waals surface area (Å²) in [6.45, 7) is 2.06. The molecule has 0 bridgehead atoms. The molecule has 7 heteroatoms. The van der Waals surface area contributed by atoms with Crippen molar-refractivity contribution in [3.63, 3.8) is 0 Å². The number of hydrogen-bond donors (Lipinski definition) is 1. The van der Waals surface area contributed by atoms with E-state index in [-0.39, 0.29) is 6.79 Å². The molecule has 4 nitrogen and oxygen atoms in total. The molecule has 0 unspecified atom stereocenters. The molecule has 0 aromatic heterocycles. The van der Waals surface area contributed by atoms with Gasteiger partial charge in [0.2, 0.25) is 6.79 Å². The van der Waals surface area contributed by atoms with E-state index in [9.17, 15) is 13.2 Å². The largest absolute Gasteiger partial charge is 0.454 e. The first-order valence-corrected chi connectivity index (χ1v) is 8.87. The number of halogens is 3. The molecule has 27 heavy (non-hydrogen) atoms. The van der Waals surface area contributed by atoms with Gasteiger partial charge in [0.15, 0.2) is 11.5 Å². The zero-order valence-corrected chi connectivity index (χ0v) is 14.6. The van der Waals surface area contributed by atoms with E-state index < -0.39 is 17.3 Å². The average Bonchev–Trinajstić information content (AvgIpc) is 3.14. The van der Waals surface area contributed by atoms with Crippen LogP contribution in [-0.4, -0.2) is 19.9 Å². The third kappa shape index (κ3) is 3.75. The van der Waals surface area contributed by atoms with Crippen LogP contribution in [0.3, 0.4) is 0 Å². The van der Waals surface area contributed by atoms with Crippen LogP contribution in [0.25, 0.3) is 0 Å². The summed E-state index contributed by atoms with van der Waals surface area (Å²) in [6.07, 6.45) is -2.95. The Morgan fingerprint density at radius 1 is 0.963 bits per heavy atom. The van der Waals surface area contributed by atoms with Gasteiger partial charge < -0.3 is 19.5 Å². The molecule has 0 amide bonds. The molecule has 0 radical (unpaired) electrons. The van der Waals surface area contributed by atoms with Crippen LogP contribution in [0.4, 0.5) is 13.2 Å². The van der Waals surface area contributed by atoms with Gasteiger partial charge in [-0.15, -0.1) is 0 Å². The molecule has 2 aromatic rings. The lowest BCUT2D eigenvalue weighted by atomic mass is 9.84.